The maximum atomic E-state index is 12.8. The Balaban J connectivity index is 1.72. The molecule has 2 aliphatic rings. The molecule has 6 heteroatoms. The van der Waals surface area contributed by atoms with Crippen LogP contribution in [0.2, 0.25) is 0 Å². The van der Waals surface area contributed by atoms with E-state index < -0.39 is 10.0 Å². The van der Waals surface area contributed by atoms with Crippen LogP contribution in [0, 0.1) is 5.92 Å². The van der Waals surface area contributed by atoms with Crippen molar-refractivity contribution in [3.8, 4) is 0 Å². The summed E-state index contributed by atoms with van der Waals surface area (Å²) in [6.45, 7) is 5.38. The maximum absolute atomic E-state index is 12.8. The van der Waals surface area contributed by atoms with Crippen LogP contribution in [-0.4, -0.2) is 31.4 Å². The zero-order valence-electron chi connectivity index (χ0n) is 12.7. The van der Waals surface area contributed by atoms with Crippen molar-refractivity contribution in [2.75, 3.05) is 6.54 Å². The molecule has 1 aromatic rings. The van der Waals surface area contributed by atoms with Gasteiger partial charge < -0.3 is 5.32 Å². The second-order valence-corrected chi connectivity index (χ2v) is 9.40. The third-order valence-corrected chi connectivity index (χ3v) is 7.20. The van der Waals surface area contributed by atoms with Gasteiger partial charge in [0.15, 0.2) is 0 Å². The minimum atomic E-state index is -3.34. The molecule has 0 bridgehead atoms. The van der Waals surface area contributed by atoms with E-state index in [0.717, 1.165) is 11.4 Å². The van der Waals surface area contributed by atoms with Crippen LogP contribution in [0.3, 0.4) is 0 Å². The van der Waals surface area contributed by atoms with Crippen LogP contribution < -0.4 is 5.32 Å². The standard InChI is InChI=1S/C15H24N2O2S2/c1-11(2)17(9-12-3-4-12)21(18,19)15-7-14(20-10-15)8-16-13-5-6-13/h7,10-13,16H,3-6,8-9H2,1-2H3. The number of hydrogen-bond acceptors (Lipinski definition) is 4. The van der Waals surface area contributed by atoms with Gasteiger partial charge in [-0.3, -0.25) is 0 Å². The molecule has 0 amide bonds. The van der Waals surface area contributed by atoms with E-state index in [1.165, 1.54) is 25.7 Å². The lowest BCUT2D eigenvalue weighted by molar-refractivity contribution is 0.342. The molecule has 2 saturated carbocycles. The largest absolute Gasteiger partial charge is 0.309 e. The van der Waals surface area contributed by atoms with Gasteiger partial charge in [0.05, 0.1) is 4.90 Å². The van der Waals surface area contributed by atoms with Crippen LogP contribution in [0.4, 0.5) is 0 Å². The first-order chi connectivity index (χ1) is 9.96. The molecule has 0 radical (unpaired) electrons. The third kappa shape index (κ3) is 3.86. The highest BCUT2D eigenvalue weighted by molar-refractivity contribution is 7.89. The van der Waals surface area contributed by atoms with E-state index in [9.17, 15) is 8.42 Å². The predicted octanol–water partition coefficient (Wildman–Crippen LogP) is 2.81. The fourth-order valence-electron chi connectivity index (χ4n) is 2.40. The lowest BCUT2D eigenvalue weighted by atomic mass is 10.3. The van der Waals surface area contributed by atoms with Crippen molar-refractivity contribution in [3.63, 3.8) is 0 Å². The SMILES string of the molecule is CC(C)N(CC1CC1)S(=O)(=O)c1csc(CNC2CC2)c1. The van der Waals surface area contributed by atoms with Gasteiger partial charge in [0.1, 0.15) is 0 Å². The Morgan fingerprint density at radius 1 is 1.33 bits per heavy atom. The van der Waals surface area contributed by atoms with Crippen molar-refractivity contribution >= 4 is 21.4 Å². The fraction of sp³-hybridized carbons (Fsp3) is 0.733. The number of nitrogens with zero attached hydrogens (tertiary/aromatic N) is 1. The molecule has 2 aliphatic carbocycles. The van der Waals surface area contributed by atoms with Gasteiger partial charge in [-0.25, -0.2) is 8.42 Å². The summed E-state index contributed by atoms with van der Waals surface area (Å²) in [6.07, 6.45) is 4.83. The van der Waals surface area contributed by atoms with Gasteiger partial charge in [0, 0.05) is 35.4 Å². The summed E-state index contributed by atoms with van der Waals surface area (Å²) >= 11 is 1.54. The van der Waals surface area contributed by atoms with Gasteiger partial charge in [-0.15, -0.1) is 11.3 Å². The van der Waals surface area contributed by atoms with Crippen LogP contribution in [0.15, 0.2) is 16.3 Å². The summed E-state index contributed by atoms with van der Waals surface area (Å²) in [5, 5.41) is 5.23. The molecule has 1 heterocycles. The predicted molar refractivity (Wildman–Crippen MR) is 85.9 cm³/mol. The minimum absolute atomic E-state index is 0.0172. The summed E-state index contributed by atoms with van der Waals surface area (Å²) in [4.78, 5) is 1.57. The molecule has 0 aliphatic heterocycles. The molecule has 3 rings (SSSR count). The summed E-state index contributed by atoms with van der Waals surface area (Å²) in [6, 6.07) is 2.51. The smallest absolute Gasteiger partial charge is 0.244 e. The Labute approximate surface area is 131 Å². The van der Waals surface area contributed by atoms with Gasteiger partial charge in [-0.05, 0) is 51.5 Å². The number of sulfonamides is 1. The van der Waals surface area contributed by atoms with E-state index in [1.807, 2.05) is 19.9 Å². The molecule has 0 spiro atoms. The zero-order valence-corrected chi connectivity index (χ0v) is 14.3. The number of thiophene rings is 1. The maximum Gasteiger partial charge on any atom is 0.244 e. The zero-order chi connectivity index (χ0) is 15.0. The van der Waals surface area contributed by atoms with Gasteiger partial charge in [0.2, 0.25) is 10.0 Å². The molecule has 0 aromatic carbocycles. The molecule has 0 atom stereocenters. The topological polar surface area (TPSA) is 49.4 Å². The molecular weight excluding hydrogens is 304 g/mol. The van der Waals surface area contributed by atoms with Gasteiger partial charge in [-0.1, -0.05) is 0 Å². The van der Waals surface area contributed by atoms with Crippen LogP contribution in [-0.2, 0) is 16.6 Å². The summed E-state index contributed by atoms with van der Waals surface area (Å²) in [5.74, 6) is 0.566. The van der Waals surface area contributed by atoms with E-state index >= 15 is 0 Å². The monoisotopic (exact) mass is 328 g/mol. The molecule has 1 N–H and O–H groups in total. The lowest BCUT2D eigenvalue weighted by Crippen LogP contribution is -2.38. The minimum Gasteiger partial charge on any atom is -0.309 e. The molecule has 0 unspecified atom stereocenters. The van der Waals surface area contributed by atoms with Crippen molar-refractivity contribution in [2.24, 2.45) is 5.92 Å². The van der Waals surface area contributed by atoms with Crippen LogP contribution >= 0.6 is 11.3 Å². The second kappa shape index (κ2) is 5.99. The molecule has 2 fully saturated rings. The summed E-state index contributed by atoms with van der Waals surface area (Å²) < 4.78 is 27.3. The van der Waals surface area contributed by atoms with E-state index in [4.69, 9.17) is 0 Å². The normalized spacial score (nSPS) is 19.6. The highest BCUT2D eigenvalue weighted by Crippen LogP contribution is 2.33. The Hall–Kier alpha value is -0.430. The lowest BCUT2D eigenvalue weighted by Gasteiger charge is -2.25. The second-order valence-electron chi connectivity index (χ2n) is 6.52. The Bertz CT molecular complexity index is 587. The first-order valence-corrected chi connectivity index (χ1v) is 10.1. The van der Waals surface area contributed by atoms with Crippen molar-refractivity contribution in [2.45, 2.75) is 63.1 Å². The van der Waals surface area contributed by atoms with Crippen molar-refractivity contribution in [1.82, 2.24) is 9.62 Å². The van der Waals surface area contributed by atoms with Gasteiger partial charge >= 0.3 is 0 Å². The molecule has 1 aromatic heterocycles. The highest BCUT2D eigenvalue weighted by atomic mass is 32.2. The quantitative estimate of drug-likeness (QED) is 0.798. The Morgan fingerprint density at radius 3 is 2.62 bits per heavy atom. The summed E-state index contributed by atoms with van der Waals surface area (Å²) in [5.41, 5.74) is 0. The fourth-order valence-corrected chi connectivity index (χ4v) is 5.32. The van der Waals surface area contributed by atoms with Gasteiger partial charge in [0.25, 0.3) is 0 Å². The highest BCUT2D eigenvalue weighted by Gasteiger charge is 2.33. The Kier molecular flexibility index (Phi) is 4.41. The molecule has 118 valence electrons. The number of nitrogens with one attached hydrogen (secondary N) is 1. The van der Waals surface area contributed by atoms with Crippen molar-refractivity contribution < 1.29 is 8.42 Å². The molecular formula is C15H24N2O2S2. The van der Waals surface area contributed by atoms with E-state index in [-0.39, 0.29) is 6.04 Å². The number of hydrogen-bond donors (Lipinski definition) is 1. The van der Waals surface area contributed by atoms with Crippen LogP contribution in [0.1, 0.15) is 44.4 Å². The van der Waals surface area contributed by atoms with Crippen LogP contribution in [0.5, 0.6) is 0 Å². The number of rotatable bonds is 8. The van der Waals surface area contributed by atoms with Crippen LogP contribution in [0.25, 0.3) is 0 Å². The summed E-state index contributed by atoms with van der Waals surface area (Å²) in [7, 11) is -3.34. The van der Waals surface area contributed by atoms with E-state index in [2.05, 4.69) is 5.32 Å². The third-order valence-electron chi connectivity index (χ3n) is 4.09. The van der Waals surface area contributed by atoms with Gasteiger partial charge in [-0.2, -0.15) is 4.31 Å². The molecule has 0 saturated heterocycles. The average Bonchev–Trinajstić information content (AvgIpc) is 3.34. The van der Waals surface area contributed by atoms with E-state index in [1.54, 1.807) is 21.0 Å². The first kappa shape index (κ1) is 15.5. The Morgan fingerprint density at radius 2 is 2.05 bits per heavy atom. The van der Waals surface area contributed by atoms with Crippen molar-refractivity contribution in [3.05, 3.63) is 16.3 Å². The molecule has 21 heavy (non-hydrogen) atoms. The van der Waals surface area contributed by atoms with Crippen molar-refractivity contribution in [1.29, 1.82) is 0 Å². The first-order valence-electron chi connectivity index (χ1n) is 7.79. The van der Waals surface area contributed by atoms with E-state index in [0.29, 0.717) is 23.4 Å². The molecule has 4 nitrogen and oxygen atoms in total. The average molecular weight is 329 g/mol.